The van der Waals surface area contributed by atoms with Crippen LogP contribution in [0.5, 0.6) is 0 Å². The van der Waals surface area contributed by atoms with E-state index in [0.29, 0.717) is 19.3 Å². The lowest BCUT2D eigenvalue weighted by atomic mass is 10.1. The minimum atomic E-state index is -0.785. The number of ether oxygens (including phenoxy) is 3. The lowest BCUT2D eigenvalue weighted by Gasteiger charge is -2.18. The van der Waals surface area contributed by atoms with E-state index in [0.717, 1.165) is 83.5 Å². The van der Waals surface area contributed by atoms with Gasteiger partial charge >= 0.3 is 17.9 Å². The standard InChI is InChI=1S/C56H98O6/c1-4-7-10-13-16-19-22-24-26-27-28-29-31-32-34-37-40-43-46-49-55(58)61-52-53(51-60-54(57)48-45-42-39-36-21-18-15-12-9-6-3)62-56(59)50-47-44-41-38-35-33-30-25-23-20-17-14-11-8-5-2/h8,11,14,17,20,23,25,27-28,30,53H,4-7,9-10,12-13,15-16,18-19,21-22,24,26,29,31-52H2,1-3H3/b11-8-,17-14-,23-20-,28-27-,30-25-. The molecule has 0 aromatic rings. The van der Waals surface area contributed by atoms with Crippen LogP contribution >= 0.6 is 0 Å². The molecule has 0 radical (unpaired) electrons. The van der Waals surface area contributed by atoms with Crippen LogP contribution in [-0.4, -0.2) is 37.2 Å². The molecule has 0 bridgehead atoms. The molecule has 0 saturated carbocycles. The molecule has 0 aliphatic heterocycles. The maximum absolute atomic E-state index is 12.8. The van der Waals surface area contributed by atoms with Gasteiger partial charge in [-0.05, 0) is 64.2 Å². The van der Waals surface area contributed by atoms with Crippen molar-refractivity contribution >= 4 is 17.9 Å². The molecule has 0 rings (SSSR count). The summed E-state index contributed by atoms with van der Waals surface area (Å²) < 4.78 is 16.8. The van der Waals surface area contributed by atoms with Gasteiger partial charge in [0.1, 0.15) is 13.2 Å². The van der Waals surface area contributed by atoms with Crippen molar-refractivity contribution in [3.8, 4) is 0 Å². The first-order chi connectivity index (χ1) is 30.5. The molecule has 0 spiro atoms. The molecule has 1 atom stereocenters. The summed E-state index contributed by atoms with van der Waals surface area (Å²) in [7, 11) is 0. The van der Waals surface area contributed by atoms with Gasteiger partial charge < -0.3 is 14.2 Å². The quantitative estimate of drug-likeness (QED) is 0.0199. The Kier molecular flexibility index (Phi) is 48.4. The molecule has 358 valence electrons. The molecule has 0 fully saturated rings. The van der Waals surface area contributed by atoms with Crippen LogP contribution in [0.25, 0.3) is 0 Å². The number of allylic oxidation sites excluding steroid dienone is 10. The van der Waals surface area contributed by atoms with Crippen molar-refractivity contribution in [2.24, 2.45) is 0 Å². The van der Waals surface area contributed by atoms with Crippen LogP contribution in [0.2, 0.25) is 0 Å². The highest BCUT2D eigenvalue weighted by Gasteiger charge is 2.19. The Balaban J connectivity index is 4.35. The van der Waals surface area contributed by atoms with Crippen molar-refractivity contribution in [3.05, 3.63) is 60.8 Å². The lowest BCUT2D eigenvalue weighted by molar-refractivity contribution is -0.167. The zero-order chi connectivity index (χ0) is 45.1. The molecule has 6 heteroatoms. The zero-order valence-electron chi connectivity index (χ0n) is 40.9. The van der Waals surface area contributed by atoms with E-state index < -0.39 is 6.10 Å². The molecule has 0 aromatic heterocycles. The van der Waals surface area contributed by atoms with E-state index in [1.165, 1.54) is 135 Å². The summed E-state index contributed by atoms with van der Waals surface area (Å²) in [5.74, 6) is -0.908. The van der Waals surface area contributed by atoms with E-state index >= 15 is 0 Å². The number of esters is 3. The SMILES string of the molecule is CC\C=C/C=C\C=C/C=C\CCCCCCCC(=O)OC(COC(=O)CCCCCCCCC/C=C\CCCCCCCCCC)COC(=O)CCCCCCCCCCCC. The smallest absolute Gasteiger partial charge is 0.306 e. The summed E-state index contributed by atoms with van der Waals surface area (Å²) >= 11 is 0. The zero-order valence-corrected chi connectivity index (χ0v) is 40.9. The van der Waals surface area contributed by atoms with Crippen LogP contribution in [0.3, 0.4) is 0 Å². The number of unbranched alkanes of at least 4 members (excludes halogenated alkanes) is 29. The fraction of sp³-hybridized carbons (Fsp3) is 0.768. The third-order valence-corrected chi connectivity index (χ3v) is 11.4. The van der Waals surface area contributed by atoms with Gasteiger partial charge in [-0.2, -0.15) is 0 Å². The van der Waals surface area contributed by atoms with E-state index in [1.54, 1.807) is 0 Å². The van der Waals surface area contributed by atoms with E-state index in [4.69, 9.17) is 14.2 Å². The molecule has 0 aromatic carbocycles. The maximum atomic E-state index is 12.8. The van der Waals surface area contributed by atoms with Crippen molar-refractivity contribution in [2.45, 2.75) is 264 Å². The fourth-order valence-electron chi connectivity index (χ4n) is 7.39. The molecule has 0 N–H and O–H groups in total. The summed E-state index contributed by atoms with van der Waals surface area (Å²) in [5, 5.41) is 0. The lowest BCUT2D eigenvalue weighted by Crippen LogP contribution is -2.30. The van der Waals surface area contributed by atoms with Gasteiger partial charge in [0.25, 0.3) is 0 Å². The third-order valence-electron chi connectivity index (χ3n) is 11.4. The van der Waals surface area contributed by atoms with Gasteiger partial charge in [-0.3, -0.25) is 14.4 Å². The molecular formula is C56H98O6. The highest BCUT2D eigenvalue weighted by atomic mass is 16.6. The van der Waals surface area contributed by atoms with Crippen LogP contribution in [0.15, 0.2) is 60.8 Å². The van der Waals surface area contributed by atoms with Gasteiger partial charge in [0.2, 0.25) is 0 Å². The molecule has 62 heavy (non-hydrogen) atoms. The topological polar surface area (TPSA) is 78.9 Å². The molecule has 0 heterocycles. The number of hydrogen-bond acceptors (Lipinski definition) is 6. The highest BCUT2D eigenvalue weighted by molar-refractivity contribution is 5.71. The normalized spacial score (nSPS) is 12.5. The molecule has 0 aliphatic carbocycles. The second-order valence-electron chi connectivity index (χ2n) is 17.5. The predicted molar refractivity (Wildman–Crippen MR) is 265 cm³/mol. The second-order valence-corrected chi connectivity index (χ2v) is 17.5. The van der Waals surface area contributed by atoms with Gasteiger partial charge in [0, 0.05) is 19.3 Å². The first-order valence-electron chi connectivity index (χ1n) is 26.3. The summed E-state index contributed by atoms with van der Waals surface area (Å²) in [6, 6.07) is 0. The van der Waals surface area contributed by atoms with Crippen LogP contribution in [-0.2, 0) is 28.6 Å². The number of hydrogen-bond donors (Lipinski definition) is 0. The van der Waals surface area contributed by atoms with Gasteiger partial charge in [0.15, 0.2) is 6.10 Å². The average Bonchev–Trinajstić information content (AvgIpc) is 3.27. The molecule has 0 amide bonds. The summed E-state index contributed by atoms with van der Waals surface area (Å²) in [4.78, 5) is 37.9. The van der Waals surface area contributed by atoms with Crippen molar-refractivity contribution < 1.29 is 28.6 Å². The number of carbonyl (C=O) groups excluding carboxylic acids is 3. The molecular weight excluding hydrogens is 769 g/mol. The third kappa shape index (κ3) is 48.1. The number of rotatable bonds is 47. The van der Waals surface area contributed by atoms with E-state index in [1.807, 2.05) is 18.2 Å². The molecule has 0 aliphatic rings. The summed E-state index contributed by atoms with van der Waals surface area (Å²) in [5.41, 5.74) is 0. The summed E-state index contributed by atoms with van der Waals surface area (Å²) in [6.45, 7) is 6.47. The van der Waals surface area contributed by atoms with Crippen molar-refractivity contribution in [2.75, 3.05) is 13.2 Å². The van der Waals surface area contributed by atoms with Gasteiger partial charge in [0.05, 0.1) is 0 Å². The van der Waals surface area contributed by atoms with Crippen molar-refractivity contribution in [1.29, 1.82) is 0 Å². The molecule has 1 unspecified atom stereocenters. The van der Waals surface area contributed by atoms with E-state index in [-0.39, 0.29) is 31.1 Å². The van der Waals surface area contributed by atoms with Crippen LogP contribution in [0.1, 0.15) is 258 Å². The van der Waals surface area contributed by atoms with Crippen molar-refractivity contribution in [3.63, 3.8) is 0 Å². The first-order valence-corrected chi connectivity index (χ1v) is 26.3. The molecule has 6 nitrogen and oxygen atoms in total. The van der Waals surface area contributed by atoms with Gasteiger partial charge in [-0.25, -0.2) is 0 Å². The predicted octanol–water partition coefficient (Wildman–Crippen LogP) is 17.3. The highest BCUT2D eigenvalue weighted by Crippen LogP contribution is 2.15. The van der Waals surface area contributed by atoms with Crippen LogP contribution in [0, 0.1) is 0 Å². The van der Waals surface area contributed by atoms with Crippen LogP contribution < -0.4 is 0 Å². The number of carbonyl (C=O) groups is 3. The monoisotopic (exact) mass is 867 g/mol. The average molecular weight is 867 g/mol. The Bertz CT molecular complexity index is 1130. The Morgan fingerprint density at radius 3 is 1.03 bits per heavy atom. The largest absolute Gasteiger partial charge is 0.462 e. The van der Waals surface area contributed by atoms with Crippen LogP contribution in [0.4, 0.5) is 0 Å². The fourth-order valence-corrected chi connectivity index (χ4v) is 7.39. The Morgan fingerprint density at radius 2 is 0.645 bits per heavy atom. The minimum Gasteiger partial charge on any atom is -0.462 e. The summed E-state index contributed by atoms with van der Waals surface area (Å²) in [6.07, 6.45) is 62.1. The van der Waals surface area contributed by atoms with E-state index in [9.17, 15) is 14.4 Å². The van der Waals surface area contributed by atoms with Gasteiger partial charge in [-0.1, -0.05) is 236 Å². The molecule has 0 saturated heterocycles. The Hall–Kier alpha value is -2.89. The van der Waals surface area contributed by atoms with Crippen molar-refractivity contribution in [1.82, 2.24) is 0 Å². The van der Waals surface area contributed by atoms with E-state index in [2.05, 4.69) is 63.3 Å². The maximum Gasteiger partial charge on any atom is 0.306 e. The second kappa shape index (κ2) is 50.8. The van der Waals surface area contributed by atoms with Gasteiger partial charge in [-0.15, -0.1) is 0 Å². The Morgan fingerprint density at radius 1 is 0.339 bits per heavy atom. The minimum absolute atomic E-state index is 0.0838. The Labute approximate surface area is 383 Å². The first kappa shape index (κ1) is 59.1.